The molecule has 0 N–H and O–H groups in total. The molecule has 3 heteroatoms. The molecule has 2 aromatic heterocycles. The zero-order chi connectivity index (χ0) is 10.6. The number of nitrogens with zero attached hydrogens (tertiary/aromatic N) is 2. The van der Waals surface area contributed by atoms with Gasteiger partial charge in [-0.3, -0.25) is 0 Å². The second kappa shape index (κ2) is 5.05. The van der Waals surface area contributed by atoms with Gasteiger partial charge in [-0.15, -0.1) is 11.3 Å². The summed E-state index contributed by atoms with van der Waals surface area (Å²) in [6.07, 6.45) is 1.64. The van der Waals surface area contributed by atoms with Gasteiger partial charge in [0.15, 0.2) is 0 Å². The zero-order valence-electron chi connectivity index (χ0n) is 9.11. The van der Waals surface area contributed by atoms with Gasteiger partial charge in [0, 0.05) is 0 Å². The summed E-state index contributed by atoms with van der Waals surface area (Å²) in [7, 11) is 0. The number of thiophene rings is 1. The van der Waals surface area contributed by atoms with Crippen LogP contribution in [-0.2, 0) is 0 Å². The van der Waals surface area contributed by atoms with E-state index in [0.29, 0.717) is 5.92 Å². The van der Waals surface area contributed by atoms with Gasteiger partial charge in [-0.05, 0) is 17.4 Å². The lowest BCUT2D eigenvalue weighted by Crippen LogP contribution is -1.92. The molecule has 0 bridgehead atoms. The largest absolute Gasteiger partial charge is 0.240 e. The minimum atomic E-state index is 0.481. The van der Waals surface area contributed by atoms with Crippen LogP contribution in [0.2, 0.25) is 0 Å². The van der Waals surface area contributed by atoms with Gasteiger partial charge in [0.25, 0.3) is 0 Å². The van der Waals surface area contributed by atoms with E-state index in [-0.39, 0.29) is 0 Å². The predicted molar refractivity (Wildman–Crippen MR) is 62.9 cm³/mol. The van der Waals surface area contributed by atoms with E-state index in [4.69, 9.17) is 0 Å². The molecule has 0 saturated heterocycles. The van der Waals surface area contributed by atoms with E-state index < -0.39 is 0 Å². The average molecular weight is 208 g/mol. The molecule has 2 rings (SSSR count). The Hall–Kier alpha value is -0.960. The second-order valence-corrected chi connectivity index (χ2v) is 3.96. The van der Waals surface area contributed by atoms with Crippen molar-refractivity contribution in [2.75, 3.05) is 0 Å². The second-order valence-electron chi connectivity index (χ2n) is 3.05. The van der Waals surface area contributed by atoms with Gasteiger partial charge in [0.2, 0.25) is 0 Å². The van der Waals surface area contributed by atoms with Gasteiger partial charge in [0.05, 0.1) is 15.9 Å². The first-order chi connectivity index (χ1) is 6.79. The Labute approximate surface area is 89.0 Å². The van der Waals surface area contributed by atoms with Crippen molar-refractivity contribution in [3.05, 3.63) is 23.5 Å². The Balaban J connectivity index is 0.000000461. The fourth-order valence-corrected chi connectivity index (χ4v) is 2.20. The first-order valence-corrected chi connectivity index (χ1v) is 5.85. The minimum Gasteiger partial charge on any atom is -0.240 e. The molecule has 0 radical (unpaired) electrons. The standard InChI is InChI=1S/C9H10N2S.C2H6/c1-6(2)8-9-7(3-4-12-9)10-5-11-8;1-2/h3-6H,1-2H3;1-2H3. The maximum absolute atomic E-state index is 4.28. The minimum absolute atomic E-state index is 0.481. The van der Waals surface area contributed by atoms with Gasteiger partial charge >= 0.3 is 0 Å². The molecule has 14 heavy (non-hydrogen) atoms. The van der Waals surface area contributed by atoms with Gasteiger partial charge in [-0.25, -0.2) is 9.97 Å². The third kappa shape index (κ3) is 2.10. The first-order valence-electron chi connectivity index (χ1n) is 4.97. The molecule has 0 atom stereocenters. The Morgan fingerprint density at radius 2 is 1.93 bits per heavy atom. The molecule has 0 unspecified atom stereocenters. The normalized spacial score (nSPS) is 10.1. The van der Waals surface area contributed by atoms with Crippen LogP contribution < -0.4 is 0 Å². The zero-order valence-corrected chi connectivity index (χ0v) is 9.93. The Morgan fingerprint density at radius 3 is 2.57 bits per heavy atom. The SMILES string of the molecule is CC.CC(C)c1ncnc2ccsc12. The molecule has 2 nitrogen and oxygen atoms in total. The fraction of sp³-hybridized carbons (Fsp3) is 0.455. The van der Waals surface area contributed by atoms with E-state index in [1.807, 2.05) is 19.9 Å². The molecular formula is C11H16N2S. The predicted octanol–water partition coefficient (Wildman–Crippen LogP) is 3.84. The number of fused-ring (bicyclic) bond motifs is 1. The molecule has 0 spiro atoms. The van der Waals surface area contributed by atoms with Gasteiger partial charge < -0.3 is 0 Å². The first kappa shape index (κ1) is 11.1. The summed E-state index contributed by atoms with van der Waals surface area (Å²) in [4.78, 5) is 8.46. The summed E-state index contributed by atoms with van der Waals surface area (Å²) < 4.78 is 1.23. The van der Waals surface area contributed by atoms with Crippen molar-refractivity contribution in [1.82, 2.24) is 9.97 Å². The van der Waals surface area contributed by atoms with E-state index >= 15 is 0 Å². The highest BCUT2D eigenvalue weighted by atomic mass is 32.1. The fourth-order valence-electron chi connectivity index (χ4n) is 1.22. The molecule has 2 heterocycles. The van der Waals surface area contributed by atoms with Crippen LogP contribution in [0.25, 0.3) is 10.2 Å². The summed E-state index contributed by atoms with van der Waals surface area (Å²) in [6, 6.07) is 2.04. The van der Waals surface area contributed by atoms with Crippen molar-refractivity contribution >= 4 is 21.6 Å². The highest BCUT2D eigenvalue weighted by Gasteiger charge is 2.07. The molecule has 76 valence electrons. The van der Waals surface area contributed by atoms with E-state index in [1.165, 1.54) is 4.70 Å². The summed E-state index contributed by atoms with van der Waals surface area (Å²) >= 11 is 1.72. The van der Waals surface area contributed by atoms with E-state index in [0.717, 1.165) is 11.2 Å². The van der Waals surface area contributed by atoms with Crippen molar-refractivity contribution in [1.29, 1.82) is 0 Å². The number of aromatic nitrogens is 2. The number of rotatable bonds is 1. The lowest BCUT2D eigenvalue weighted by Gasteiger charge is -2.03. The maximum atomic E-state index is 4.28. The van der Waals surface area contributed by atoms with E-state index in [9.17, 15) is 0 Å². The van der Waals surface area contributed by atoms with Crippen molar-refractivity contribution in [2.24, 2.45) is 0 Å². The van der Waals surface area contributed by atoms with Crippen LogP contribution in [0.3, 0.4) is 0 Å². The highest BCUT2D eigenvalue weighted by Crippen LogP contribution is 2.25. The quantitative estimate of drug-likeness (QED) is 0.711. The topological polar surface area (TPSA) is 25.8 Å². The van der Waals surface area contributed by atoms with Crippen LogP contribution in [0.15, 0.2) is 17.8 Å². The van der Waals surface area contributed by atoms with Crippen LogP contribution >= 0.6 is 11.3 Å². The average Bonchev–Trinajstić information content (AvgIpc) is 2.67. The summed E-state index contributed by atoms with van der Waals surface area (Å²) in [6.45, 7) is 8.31. The monoisotopic (exact) mass is 208 g/mol. The van der Waals surface area contributed by atoms with Gasteiger partial charge in [0.1, 0.15) is 6.33 Å². The molecule has 0 aliphatic heterocycles. The number of hydrogen-bond donors (Lipinski definition) is 0. The number of hydrogen-bond acceptors (Lipinski definition) is 3. The van der Waals surface area contributed by atoms with Gasteiger partial charge in [-0.1, -0.05) is 27.7 Å². The summed E-state index contributed by atoms with van der Waals surface area (Å²) in [5, 5.41) is 2.06. The lowest BCUT2D eigenvalue weighted by molar-refractivity contribution is 0.831. The van der Waals surface area contributed by atoms with Crippen LogP contribution in [0.1, 0.15) is 39.3 Å². The van der Waals surface area contributed by atoms with Gasteiger partial charge in [-0.2, -0.15) is 0 Å². The molecular weight excluding hydrogens is 192 g/mol. The van der Waals surface area contributed by atoms with Crippen LogP contribution in [0, 0.1) is 0 Å². The Kier molecular flexibility index (Phi) is 4.01. The Bertz CT molecular complexity index is 393. The third-order valence-electron chi connectivity index (χ3n) is 1.82. The molecule has 2 aromatic rings. The van der Waals surface area contributed by atoms with Crippen molar-refractivity contribution < 1.29 is 0 Å². The van der Waals surface area contributed by atoms with Crippen LogP contribution in [0.4, 0.5) is 0 Å². The molecule has 0 aromatic carbocycles. The van der Waals surface area contributed by atoms with E-state index in [1.54, 1.807) is 17.7 Å². The van der Waals surface area contributed by atoms with Crippen LogP contribution in [-0.4, -0.2) is 9.97 Å². The van der Waals surface area contributed by atoms with Crippen molar-refractivity contribution in [2.45, 2.75) is 33.6 Å². The highest BCUT2D eigenvalue weighted by molar-refractivity contribution is 7.17. The maximum Gasteiger partial charge on any atom is 0.116 e. The Morgan fingerprint density at radius 1 is 1.21 bits per heavy atom. The molecule has 0 saturated carbocycles. The molecule has 0 fully saturated rings. The van der Waals surface area contributed by atoms with Crippen LogP contribution in [0.5, 0.6) is 0 Å². The summed E-state index contributed by atoms with van der Waals surface area (Å²) in [5.41, 5.74) is 2.23. The van der Waals surface area contributed by atoms with E-state index in [2.05, 4.69) is 29.2 Å². The smallest absolute Gasteiger partial charge is 0.116 e. The molecule has 0 aliphatic rings. The van der Waals surface area contributed by atoms with Crippen molar-refractivity contribution in [3.8, 4) is 0 Å². The molecule has 0 aliphatic carbocycles. The van der Waals surface area contributed by atoms with Crippen molar-refractivity contribution in [3.63, 3.8) is 0 Å². The third-order valence-corrected chi connectivity index (χ3v) is 2.74. The summed E-state index contributed by atoms with van der Waals surface area (Å²) in [5.74, 6) is 0.481. The lowest BCUT2D eigenvalue weighted by atomic mass is 10.1. The molecule has 0 amide bonds.